The molecule has 0 unspecified atom stereocenters. The molecule has 0 bridgehead atoms. The summed E-state index contributed by atoms with van der Waals surface area (Å²) in [5, 5.41) is 13.6. The first-order chi connectivity index (χ1) is 13.4. The van der Waals surface area contributed by atoms with E-state index in [1.807, 2.05) is 0 Å². The van der Waals surface area contributed by atoms with Gasteiger partial charge in [-0.2, -0.15) is 5.10 Å². The lowest BCUT2D eigenvalue weighted by Gasteiger charge is -2.29. The standard InChI is InChI=1S/C20H16ClF2N3O2/c1-11-13(4-2-6-15(11)22)20(19(27)25-28)8-12-10-24-26(17(12)9-20)16-7-3-5-14(21)18(16)23/h2-7,10,28H,8-9H2,1H3,(H,25,27)/t20-/m0/s1. The summed E-state index contributed by atoms with van der Waals surface area (Å²) in [4.78, 5) is 12.7. The Kier molecular flexibility index (Phi) is 4.44. The molecule has 1 aliphatic carbocycles. The maximum absolute atomic E-state index is 14.5. The average Bonchev–Trinajstić information content (AvgIpc) is 3.24. The number of hydrogen-bond acceptors (Lipinski definition) is 3. The number of benzene rings is 2. The SMILES string of the molecule is Cc1c(F)cccc1[C@]1(C(=O)NO)Cc2cnn(-c3cccc(Cl)c3F)c2C1. The van der Waals surface area contributed by atoms with E-state index in [-0.39, 0.29) is 23.6 Å². The second kappa shape index (κ2) is 6.68. The van der Waals surface area contributed by atoms with Crippen molar-refractivity contribution in [2.75, 3.05) is 0 Å². The number of rotatable bonds is 3. The number of hydrogen-bond donors (Lipinski definition) is 2. The van der Waals surface area contributed by atoms with Crippen LogP contribution in [0, 0.1) is 18.6 Å². The molecule has 28 heavy (non-hydrogen) atoms. The quantitative estimate of drug-likeness (QED) is 0.518. The Labute approximate surface area is 164 Å². The number of carbonyl (C=O) groups excluding carboxylic acids is 1. The van der Waals surface area contributed by atoms with Crippen molar-refractivity contribution in [1.29, 1.82) is 0 Å². The van der Waals surface area contributed by atoms with E-state index in [2.05, 4.69) is 5.10 Å². The van der Waals surface area contributed by atoms with Crippen molar-refractivity contribution < 1.29 is 18.8 Å². The molecule has 144 valence electrons. The predicted molar refractivity (Wildman–Crippen MR) is 98.7 cm³/mol. The first-order valence-electron chi connectivity index (χ1n) is 8.59. The summed E-state index contributed by atoms with van der Waals surface area (Å²) in [6.45, 7) is 1.59. The van der Waals surface area contributed by atoms with E-state index < -0.39 is 23.0 Å². The average molecular weight is 404 g/mol. The van der Waals surface area contributed by atoms with Crippen molar-refractivity contribution in [3.63, 3.8) is 0 Å². The number of nitrogens with zero attached hydrogens (tertiary/aromatic N) is 2. The van der Waals surface area contributed by atoms with Gasteiger partial charge in [-0.25, -0.2) is 18.9 Å². The van der Waals surface area contributed by atoms with Crippen LogP contribution in [0.15, 0.2) is 42.6 Å². The monoisotopic (exact) mass is 403 g/mol. The normalized spacial score (nSPS) is 18.2. The lowest BCUT2D eigenvalue weighted by Crippen LogP contribution is -2.45. The summed E-state index contributed by atoms with van der Waals surface area (Å²) in [5.74, 6) is -1.72. The molecule has 4 rings (SSSR count). The molecule has 0 aliphatic heterocycles. The first-order valence-corrected chi connectivity index (χ1v) is 8.97. The van der Waals surface area contributed by atoms with Gasteiger partial charge in [-0.3, -0.25) is 10.0 Å². The van der Waals surface area contributed by atoms with Gasteiger partial charge < -0.3 is 0 Å². The van der Waals surface area contributed by atoms with Crippen LogP contribution in [0.4, 0.5) is 8.78 Å². The highest BCUT2D eigenvalue weighted by Crippen LogP contribution is 2.42. The van der Waals surface area contributed by atoms with Gasteiger partial charge in [0, 0.05) is 12.1 Å². The van der Waals surface area contributed by atoms with Crippen LogP contribution in [0.1, 0.15) is 22.4 Å². The Balaban J connectivity index is 1.87. The molecule has 5 nitrogen and oxygen atoms in total. The van der Waals surface area contributed by atoms with E-state index in [4.69, 9.17) is 11.6 Å². The molecule has 1 amide bonds. The topological polar surface area (TPSA) is 67.2 Å². The highest BCUT2D eigenvalue weighted by molar-refractivity contribution is 6.30. The van der Waals surface area contributed by atoms with Crippen LogP contribution in [0.2, 0.25) is 5.02 Å². The van der Waals surface area contributed by atoms with Gasteiger partial charge in [-0.1, -0.05) is 29.8 Å². The molecule has 0 radical (unpaired) electrons. The second-order valence-electron chi connectivity index (χ2n) is 6.89. The molecule has 1 atom stereocenters. The molecule has 0 spiro atoms. The fourth-order valence-corrected chi connectivity index (χ4v) is 4.16. The van der Waals surface area contributed by atoms with Crippen molar-refractivity contribution in [1.82, 2.24) is 15.3 Å². The summed E-state index contributed by atoms with van der Waals surface area (Å²) in [6.07, 6.45) is 1.86. The van der Waals surface area contributed by atoms with Crippen LogP contribution in [-0.4, -0.2) is 20.9 Å². The summed E-state index contributed by atoms with van der Waals surface area (Å²) < 4.78 is 30.1. The van der Waals surface area contributed by atoms with Crippen LogP contribution in [0.5, 0.6) is 0 Å². The van der Waals surface area contributed by atoms with E-state index in [0.717, 1.165) is 0 Å². The van der Waals surface area contributed by atoms with E-state index in [1.165, 1.54) is 28.9 Å². The van der Waals surface area contributed by atoms with Crippen molar-refractivity contribution in [2.24, 2.45) is 0 Å². The molecule has 1 aromatic heterocycles. The molecular weight excluding hydrogens is 388 g/mol. The van der Waals surface area contributed by atoms with Crippen molar-refractivity contribution in [3.05, 3.63) is 81.6 Å². The Morgan fingerprint density at radius 3 is 2.75 bits per heavy atom. The molecule has 0 fully saturated rings. The van der Waals surface area contributed by atoms with Crippen LogP contribution < -0.4 is 5.48 Å². The van der Waals surface area contributed by atoms with E-state index in [1.54, 1.807) is 30.7 Å². The number of aromatic nitrogens is 2. The Hall–Kier alpha value is -2.77. The number of hydroxylamine groups is 1. The molecule has 2 N–H and O–H groups in total. The molecular formula is C20H16ClF2N3O2. The summed E-state index contributed by atoms with van der Waals surface area (Å²) in [5.41, 5.74) is 2.75. The summed E-state index contributed by atoms with van der Waals surface area (Å²) >= 11 is 5.89. The molecule has 8 heteroatoms. The van der Waals surface area contributed by atoms with Gasteiger partial charge in [0.1, 0.15) is 11.5 Å². The van der Waals surface area contributed by atoms with Crippen molar-refractivity contribution in [2.45, 2.75) is 25.2 Å². The number of carbonyl (C=O) groups is 1. The maximum atomic E-state index is 14.5. The van der Waals surface area contributed by atoms with Crippen LogP contribution >= 0.6 is 11.6 Å². The number of nitrogens with one attached hydrogen (secondary N) is 1. The zero-order chi connectivity index (χ0) is 20.1. The molecule has 2 aromatic carbocycles. The van der Waals surface area contributed by atoms with Gasteiger partial charge >= 0.3 is 0 Å². The van der Waals surface area contributed by atoms with Gasteiger partial charge in [0.2, 0.25) is 0 Å². The Bertz CT molecular complexity index is 1100. The van der Waals surface area contributed by atoms with E-state index in [9.17, 15) is 18.8 Å². The minimum absolute atomic E-state index is 0.0416. The van der Waals surface area contributed by atoms with Gasteiger partial charge in [-0.05, 0) is 48.2 Å². The van der Waals surface area contributed by atoms with Gasteiger partial charge in [0.05, 0.1) is 16.6 Å². The Morgan fingerprint density at radius 2 is 2.00 bits per heavy atom. The lowest BCUT2D eigenvalue weighted by atomic mass is 9.75. The van der Waals surface area contributed by atoms with Crippen molar-refractivity contribution >= 4 is 17.5 Å². The first kappa shape index (κ1) is 18.6. The maximum Gasteiger partial charge on any atom is 0.254 e. The fourth-order valence-electron chi connectivity index (χ4n) is 3.99. The van der Waals surface area contributed by atoms with Gasteiger partial charge in [0.25, 0.3) is 5.91 Å². The molecule has 1 heterocycles. The molecule has 0 saturated heterocycles. The van der Waals surface area contributed by atoms with Gasteiger partial charge in [0.15, 0.2) is 5.82 Å². The largest absolute Gasteiger partial charge is 0.289 e. The predicted octanol–water partition coefficient (Wildman–Crippen LogP) is 3.65. The molecule has 3 aromatic rings. The number of amides is 1. The highest BCUT2D eigenvalue weighted by atomic mass is 35.5. The van der Waals surface area contributed by atoms with Crippen LogP contribution in [-0.2, 0) is 23.1 Å². The zero-order valence-electron chi connectivity index (χ0n) is 14.8. The number of fused-ring (bicyclic) bond motifs is 1. The number of halogens is 3. The third kappa shape index (κ3) is 2.62. The zero-order valence-corrected chi connectivity index (χ0v) is 15.6. The third-order valence-electron chi connectivity index (χ3n) is 5.40. The Morgan fingerprint density at radius 1 is 1.25 bits per heavy atom. The summed E-state index contributed by atoms with van der Waals surface area (Å²) in [6, 6.07) is 9.08. The van der Waals surface area contributed by atoms with Gasteiger partial charge in [-0.15, -0.1) is 0 Å². The van der Waals surface area contributed by atoms with Crippen molar-refractivity contribution in [3.8, 4) is 5.69 Å². The van der Waals surface area contributed by atoms with E-state index >= 15 is 0 Å². The third-order valence-corrected chi connectivity index (χ3v) is 5.69. The minimum atomic E-state index is -1.23. The summed E-state index contributed by atoms with van der Waals surface area (Å²) in [7, 11) is 0. The van der Waals surface area contributed by atoms with E-state index in [0.29, 0.717) is 22.4 Å². The smallest absolute Gasteiger partial charge is 0.254 e. The molecule has 1 aliphatic rings. The lowest BCUT2D eigenvalue weighted by molar-refractivity contribution is -0.135. The second-order valence-corrected chi connectivity index (χ2v) is 7.30. The van der Waals surface area contributed by atoms with Crippen LogP contribution in [0.25, 0.3) is 5.69 Å². The fraction of sp³-hybridized carbons (Fsp3) is 0.200. The molecule has 0 saturated carbocycles. The minimum Gasteiger partial charge on any atom is -0.289 e. The highest BCUT2D eigenvalue weighted by Gasteiger charge is 2.48. The van der Waals surface area contributed by atoms with Crippen LogP contribution in [0.3, 0.4) is 0 Å².